The molecule has 1 N–H and O–H groups in total. The number of carbonyl (C=O) groups is 1. The van der Waals surface area contributed by atoms with Crippen LogP contribution in [0.4, 0.5) is 0 Å². The summed E-state index contributed by atoms with van der Waals surface area (Å²) in [5.41, 5.74) is 0. The highest BCUT2D eigenvalue weighted by Crippen LogP contribution is 2.22. The summed E-state index contributed by atoms with van der Waals surface area (Å²) in [6.45, 7) is 9.19. The highest BCUT2D eigenvalue weighted by Gasteiger charge is 2.24. The van der Waals surface area contributed by atoms with Crippen molar-refractivity contribution in [2.45, 2.75) is 36.3 Å². The van der Waals surface area contributed by atoms with Gasteiger partial charge in [0, 0.05) is 63.0 Å². The number of hydrogen-bond acceptors (Lipinski definition) is 4. The van der Waals surface area contributed by atoms with Crippen LogP contribution in [0.3, 0.4) is 0 Å². The molecule has 7 heteroatoms. The molecule has 2 aliphatic rings. The molecule has 1 unspecified atom stereocenters. The number of thioether (sulfide) groups is 1. The van der Waals surface area contributed by atoms with Crippen LogP contribution in [-0.2, 0) is 4.79 Å². The van der Waals surface area contributed by atoms with Gasteiger partial charge in [0.1, 0.15) is 0 Å². The van der Waals surface area contributed by atoms with E-state index in [0.717, 1.165) is 64.6 Å². The number of piperidine rings is 1. The molecule has 1 atom stereocenters. The molecule has 3 rings (SSSR count). The van der Waals surface area contributed by atoms with Gasteiger partial charge >= 0.3 is 0 Å². The zero-order valence-electron chi connectivity index (χ0n) is 17.8. The number of likely N-dealkylation sites (tertiary alicyclic amines) is 1. The van der Waals surface area contributed by atoms with E-state index >= 15 is 0 Å². The maximum atomic E-state index is 12.5. The molecule has 0 aromatic heterocycles. The lowest BCUT2D eigenvalue weighted by Crippen LogP contribution is -2.54. The molecule has 0 radical (unpaired) electrons. The van der Waals surface area contributed by atoms with Crippen molar-refractivity contribution in [1.82, 2.24) is 20.0 Å². The van der Waals surface area contributed by atoms with E-state index in [4.69, 9.17) is 0 Å². The summed E-state index contributed by atoms with van der Waals surface area (Å²) < 4.78 is 0. The van der Waals surface area contributed by atoms with E-state index < -0.39 is 0 Å². The van der Waals surface area contributed by atoms with Crippen molar-refractivity contribution in [1.29, 1.82) is 0 Å². The van der Waals surface area contributed by atoms with Gasteiger partial charge in [-0.15, -0.1) is 11.8 Å². The molecule has 29 heavy (non-hydrogen) atoms. The summed E-state index contributed by atoms with van der Waals surface area (Å²) in [6.07, 6.45) is 3.57. The maximum absolute atomic E-state index is 12.5. The molecule has 2 saturated heterocycles. The topological polar surface area (TPSA) is 51.2 Å². The fourth-order valence-electron chi connectivity index (χ4n) is 3.89. The second kappa shape index (κ2) is 11.5. The van der Waals surface area contributed by atoms with Gasteiger partial charge in [-0.1, -0.05) is 25.1 Å². The number of hydrogen-bond donors (Lipinski definition) is 1. The lowest BCUT2D eigenvalue weighted by molar-refractivity contribution is -0.133. The smallest absolute Gasteiger partial charge is 0.236 e. The van der Waals surface area contributed by atoms with Gasteiger partial charge in [-0.2, -0.15) is 0 Å². The first-order chi connectivity index (χ1) is 14.2. The number of piperazine rings is 1. The normalized spacial score (nSPS) is 19.9. The molecule has 2 heterocycles. The molecule has 1 aromatic rings. The van der Waals surface area contributed by atoms with E-state index in [9.17, 15) is 4.79 Å². The minimum absolute atomic E-state index is 0.299. The Bertz CT molecular complexity index is 654. The van der Waals surface area contributed by atoms with Crippen LogP contribution in [0.5, 0.6) is 0 Å². The number of carbonyl (C=O) groups excluding carboxylic acids is 1. The Kier molecular flexibility index (Phi) is 8.68. The van der Waals surface area contributed by atoms with Gasteiger partial charge in [-0.3, -0.25) is 14.7 Å². The quantitative estimate of drug-likeness (QED) is 0.438. The van der Waals surface area contributed by atoms with Crippen molar-refractivity contribution in [3.8, 4) is 0 Å². The summed E-state index contributed by atoms with van der Waals surface area (Å²) in [7, 11) is 1.85. The number of nitrogens with zero attached hydrogens (tertiary/aromatic N) is 4. The van der Waals surface area contributed by atoms with Crippen molar-refractivity contribution in [3.63, 3.8) is 0 Å². The average Bonchev–Trinajstić information content (AvgIpc) is 2.76. The summed E-state index contributed by atoms with van der Waals surface area (Å²) in [5.74, 6) is 1.26. The minimum Gasteiger partial charge on any atom is -0.355 e. The van der Waals surface area contributed by atoms with Crippen LogP contribution in [0, 0.1) is 0 Å². The highest BCUT2D eigenvalue weighted by atomic mass is 32.2. The predicted octanol–water partition coefficient (Wildman–Crippen LogP) is 2.37. The average molecular weight is 418 g/mol. The second-order valence-corrected chi connectivity index (χ2v) is 9.39. The zero-order valence-corrected chi connectivity index (χ0v) is 18.7. The summed E-state index contributed by atoms with van der Waals surface area (Å²) >= 11 is 1.88. The van der Waals surface area contributed by atoms with Gasteiger partial charge < -0.3 is 15.1 Å². The maximum Gasteiger partial charge on any atom is 0.236 e. The van der Waals surface area contributed by atoms with Gasteiger partial charge in [0.15, 0.2) is 5.96 Å². The van der Waals surface area contributed by atoms with Crippen LogP contribution in [0.15, 0.2) is 40.2 Å². The van der Waals surface area contributed by atoms with E-state index in [0.29, 0.717) is 17.7 Å². The van der Waals surface area contributed by atoms with E-state index in [-0.39, 0.29) is 0 Å². The van der Waals surface area contributed by atoms with Gasteiger partial charge in [0.2, 0.25) is 5.91 Å². The first-order valence-electron chi connectivity index (χ1n) is 10.8. The second-order valence-electron chi connectivity index (χ2n) is 7.87. The molecule has 0 spiro atoms. The molecule has 0 aliphatic carbocycles. The standard InChI is InChI=1S/C22H35N5OS/c1-19(29-20-9-5-3-6-10-20)17-24-22(23-2)27-15-13-25(14-16-27)18-21(28)26-11-7-4-8-12-26/h3,5-6,9-10,19H,4,7-8,11-18H2,1-2H3,(H,23,24). The van der Waals surface area contributed by atoms with Crippen LogP contribution in [-0.4, -0.2) is 91.2 Å². The van der Waals surface area contributed by atoms with Gasteiger partial charge in [-0.25, -0.2) is 0 Å². The van der Waals surface area contributed by atoms with Crippen molar-refractivity contribution in [3.05, 3.63) is 30.3 Å². The van der Waals surface area contributed by atoms with E-state index in [2.05, 4.69) is 57.4 Å². The van der Waals surface area contributed by atoms with Gasteiger partial charge in [0.25, 0.3) is 0 Å². The molecule has 0 saturated carbocycles. The Hall–Kier alpha value is -1.73. The number of rotatable bonds is 6. The molecular weight excluding hydrogens is 382 g/mol. The Balaban J connectivity index is 1.38. The van der Waals surface area contributed by atoms with Crippen LogP contribution in [0.25, 0.3) is 0 Å². The van der Waals surface area contributed by atoms with Crippen molar-refractivity contribution in [2.24, 2.45) is 4.99 Å². The summed E-state index contributed by atoms with van der Waals surface area (Å²) in [5, 5.41) is 3.98. The largest absolute Gasteiger partial charge is 0.355 e. The molecule has 0 bridgehead atoms. The van der Waals surface area contributed by atoms with Crippen LogP contribution < -0.4 is 5.32 Å². The predicted molar refractivity (Wildman–Crippen MR) is 122 cm³/mol. The molecule has 2 fully saturated rings. The first-order valence-corrected chi connectivity index (χ1v) is 11.7. The highest BCUT2D eigenvalue weighted by molar-refractivity contribution is 8.00. The Morgan fingerprint density at radius 3 is 2.38 bits per heavy atom. The van der Waals surface area contributed by atoms with Crippen molar-refractivity contribution < 1.29 is 4.79 Å². The lowest BCUT2D eigenvalue weighted by atomic mass is 10.1. The van der Waals surface area contributed by atoms with E-state index in [1.165, 1.54) is 11.3 Å². The Morgan fingerprint density at radius 2 is 1.72 bits per heavy atom. The minimum atomic E-state index is 0.299. The molecular formula is C22H35N5OS. The number of benzene rings is 1. The number of nitrogens with one attached hydrogen (secondary N) is 1. The molecule has 1 aromatic carbocycles. The van der Waals surface area contributed by atoms with Gasteiger partial charge in [0.05, 0.1) is 6.54 Å². The fourth-order valence-corrected chi connectivity index (χ4v) is 4.84. The summed E-state index contributed by atoms with van der Waals surface area (Å²) in [4.78, 5) is 24.9. The molecule has 2 aliphatic heterocycles. The zero-order chi connectivity index (χ0) is 20.5. The SMILES string of the molecule is CN=C(NCC(C)Sc1ccccc1)N1CCN(CC(=O)N2CCCCC2)CC1. The van der Waals surface area contributed by atoms with E-state index in [1.807, 2.05) is 23.7 Å². The molecule has 160 valence electrons. The summed E-state index contributed by atoms with van der Waals surface area (Å²) in [6, 6.07) is 10.5. The first kappa shape index (κ1) is 22.0. The number of aliphatic imine (C=N–C) groups is 1. The third-order valence-electron chi connectivity index (χ3n) is 5.58. The fraction of sp³-hybridized carbons (Fsp3) is 0.636. The Morgan fingerprint density at radius 1 is 1.03 bits per heavy atom. The third-order valence-corrected chi connectivity index (χ3v) is 6.69. The van der Waals surface area contributed by atoms with Crippen LogP contribution in [0.1, 0.15) is 26.2 Å². The lowest BCUT2D eigenvalue weighted by Gasteiger charge is -2.37. The van der Waals surface area contributed by atoms with E-state index in [1.54, 1.807) is 0 Å². The van der Waals surface area contributed by atoms with Crippen LogP contribution in [0.2, 0.25) is 0 Å². The van der Waals surface area contributed by atoms with Gasteiger partial charge in [-0.05, 0) is 31.4 Å². The van der Waals surface area contributed by atoms with Crippen molar-refractivity contribution >= 4 is 23.6 Å². The third kappa shape index (κ3) is 6.93. The van der Waals surface area contributed by atoms with Crippen LogP contribution >= 0.6 is 11.8 Å². The monoisotopic (exact) mass is 417 g/mol. The van der Waals surface area contributed by atoms with Crippen molar-refractivity contribution in [2.75, 3.05) is 59.4 Å². The Labute approximate surface area is 179 Å². The molecule has 6 nitrogen and oxygen atoms in total. The molecule has 1 amide bonds. The number of amides is 1. The number of guanidine groups is 1.